The summed E-state index contributed by atoms with van der Waals surface area (Å²) in [6, 6.07) is 5.16. The van der Waals surface area contributed by atoms with Gasteiger partial charge in [-0.25, -0.2) is 0 Å². The first-order chi connectivity index (χ1) is 11.4. The van der Waals surface area contributed by atoms with Crippen LogP contribution in [0.2, 0.25) is 23.6 Å². The molecule has 1 aromatic carbocycles. The summed E-state index contributed by atoms with van der Waals surface area (Å²) in [7, 11) is 0. The molecule has 139 valence electrons. The van der Waals surface area contributed by atoms with Crippen LogP contribution >= 0.6 is 0 Å². The number of nitrogens with one attached hydrogen (secondary N) is 1. The third-order valence-electron chi connectivity index (χ3n) is 7.13. The SMILES string of the molecule is CC1=Cc2cc3c(cc2[CH]1[Ti]([CH3])([CH3])([NH]C(C)(C)C)[SiH](C)C)CCCC3. The van der Waals surface area contributed by atoms with Crippen molar-refractivity contribution in [2.75, 3.05) is 0 Å². The van der Waals surface area contributed by atoms with E-state index >= 15 is 0 Å². The van der Waals surface area contributed by atoms with Gasteiger partial charge in [-0.1, -0.05) is 0 Å². The van der Waals surface area contributed by atoms with Crippen LogP contribution in [-0.4, -0.2) is 12.2 Å². The van der Waals surface area contributed by atoms with Crippen LogP contribution in [0.3, 0.4) is 0 Å². The number of rotatable bonds is 3. The van der Waals surface area contributed by atoms with Crippen LogP contribution in [-0.2, 0) is 27.7 Å². The van der Waals surface area contributed by atoms with E-state index in [4.69, 9.17) is 0 Å². The fourth-order valence-corrected chi connectivity index (χ4v) is 22.8. The summed E-state index contributed by atoms with van der Waals surface area (Å²) in [5, 5.41) is 5.41. The Morgan fingerprint density at radius 3 is 2.12 bits per heavy atom. The van der Waals surface area contributed by atoms with Crippen molar-refractivity contribution in [1.29, 1.82) is 0 Å². The Labute approximate surface area is 157 Å². The van der Waals surface area contributed by atoms with E-state index < -0.39 is 21.5 Å². The Kier molecular flexibility index (Phi) is 4.86. The van der Waals surface area contributed by atoms with Crippen molar-refractivity contribution in [3.05, 3.63) is 40.0 Å². The number of hydrogen-bond acceptors (Lipinski definition) is 1. The van der Waals surface area contributed by atoms with Gasteiger partial charge in [0.15, 0.2) is 0 Å². The van der Waals surface area contributed by atoms with Crippen LogP contribution in [0.4, 0.5) is 0 Å². The molecule has 1 unspecified atom stereocenters. The van der Waals surface area contributed by atoms with E-state index in [2.05, 4.69) is 73.3 Å². The molecule has 1 atom stereocenters. The van der Waals surface area contributed by atoms with E-state index in [0.29, 0.717) is 4.22 Å². The molecule has 0 heterocycles. The van der Waals surface area contributed by atoms with E-state index in [9.17, 15) is 0 Å². The van der Waals surface area contributed by atoms with Gasteiger partial charge in [0.2, 0.25) is 0 Å². The summed E-state index contributed by atoms with van der Waals surface area (Å²) in [6.45, 7) is 13.8. The van der Waals surface area contributed by atoms with Crippen LogP contribution in [0.5, 0.6) is 0 Å². The minimum absolute atomic E-state index is 0.190. The molecular weight excluding hydrogens is 354 g/mol. The molecule has 0 aromatic heterocycles. The number of fused-ring (bicyclic) bond motifs is 2. The molecule has 0 saturated heterocycles. The summed E-state index contributed by atoms with van der Waals surface area (Å²) in [6.07, 6.45) is 7.83. The van der Waals surface area contributed by atoms with Gasteiger partial charge in [0.1, 0.15) is 0 Å². The van der Waals surface area contributed by atoms with Crippen molar-refractivity contribution in [3.63, 3.8) is 0 Å². The third kappa shape index (κ3) is 3.40. The van der Waals surface area contributed by atoms with Crippen LogP contribution < -0.4 is 3.80 Å². The monoisotopic (exact) mass is 392 g/mol. The summed E-state index contributed by atoms with van der Waals surface area (Å²) >= 11 is -2.91. The zero-order chi connectivity index (χ0) is 18.6. The van der Waals surface area contributed by atoms with E-state index in [1.54, 1.807) is 22.3 Å². The molecule has 2 aliphatic rings. The molecular formula is C22H38NSiTi. The van der Waals surface area contributed by atoms with Gasteiger partial charge >= 0.3 is 158 Å². The summed E-state index contributed by atoms with van der Waals surface area (Å²) < 4.78 is 4.99. The second kappa shape index (κ2) is 6.19. The predicted molar refractivity (Wildman–Crippen MR) is 113 cm³/mol. The molecule has 3 rings (SSSR count). The third-order valence-corrected chi connectivity index (χ3v) is 35.7. The van der Waals surface area contributed by atoms with Gasteiger partial charge < -0.3 is 0 Å². The topological polar surface area (TPSA) is 12.0 Å². The summed E-state index contributed by atoms with van der Waals surface area (Å²) in [4.78, 5) is 0. The molecule has 1 nitrogen and oxygen atoms in total. The zero-order valence-corrected chi connectivity index (χ0v) is 20.4. The molecule has 0 saturated carbocycles. The van der Waals surface area contributed by atoms with Crippen molar-refractivity contribution in [2.24, 2.45) is 0 Å². The average Bonchev–Trinajstić information content (AvgIpc) is 2.78. The quantitative estimate of drug-likeness (QED) is 0.613. The number of hydrogen-bond donors (Lipinski definition) is 1. The minimum atomic E-state index is -2.91. The van der Waals surface area contributed by atoms with E-state index in [-0.39, 0.29) is 5.54 Å². The molecule has 0 amide bonds. The van der Waals surface area contributed by atoms with Gasteiger partial charge in [0.05, 0.1) is 0 Å². The number of allylic oxidation sites excluding steroid dienone is 1. The maximum absolute atomic E-state index is 4.31. The molecule has 0 aliphatic heterocycles. The zero-order valence-electron chi connectivity index (χ0n) is 17.7. The van der Waals surface area contributed by atoms with E-state index in [1.807, 2.05) is 0 Å². The molecule has 0 radical (unpaired) electrons. The van der Waals surface area contributed by atoms with Crippen LogP contribution in [0.1, 0.15) is 67.0 Å². The van der Waals surface area contributed by atoms with E-state index in [0.717, 1.165) is 0 Å². The molecule has 0 fully saturated rings. The Balaban J connectivity index is 2.16. The van der Waals surface area contributed by atoms with Gasteiger partial charge in [-0.15, -0.1) is 0 Å². The summed E-state index contributed by atoms with van der Waals surface area (Å²) in [5.74, 6) is 0. The van der Waals surface area contributed by atoms with Crippen molar-refractivity contribution in [3.8, 4) is 0 Å². The van der Waals surface area contributed by atoms with Gasteiger partial charge in [-0.2, -0.15) is 0 Å². The molecule has 0 spiro atoms. The van der Waals surface area contributed by atoms with Crippen LogP contribution in [0.25, 0.3) is 6.08 Å². The molecule has 0 bridgehead atoms. The fraction of sp³-hybridized carbons (Fsp3) is 0.636. The van der Waals surface area contributed by atoms with Crippen molar-refractivity contribution >= 4 is 12.7 Å². The molecule has 25 heavy (non-hydrogen) atoms. The maximum atomic E-state index is 4.31. The Morgan fingerprint density at radius 2 is 1.60 bits per heavy atom. The number of benzene rings is 1. The Bertz CT molecular complexity index is 724. The first-order valence-electron chi connectivity index (χ1n) is 10.2. The normalized spacial score (nSPS) is 22.2. The van der Waals surface area contributed by atoms with Crippen molar-refractivity contribution in [2.45, 2.75) is 86.7 Å². The van der Waals surface area contributed by atoms with Gasteiger partial charge in [0.25, 0.3) is 0 Å². The standard InChI is InChI=1S/C14H15.C4H10N.C2H7Si.2CH3.Ti/c1-10-6-13-8-11-4-2-3-5-12(11)9-14(13)7-10;1-4(2,3)5;1-3-2;;;/h6-9H,2-5H2,1H3;5H,1-3H3;3H,1-2H3;2*1H3;/q;-1;;;;+1. The van der Waals surface area contributed by atoms with Gasteiger partial charge in [0, 0.05) is 0 Å². The summed E-state index contributed by atoms with van der Waals surface area (Å²) in [5.41, 5.74) is 8.28. The van der Waals surface area contributed by atoms with Crippen LogP contribution in [0.15, 0.2) is 17.7 Å². The average molecular weight is 393 g/mol. The molecule has 3 heteroatoms. The second-order valence-electron chi connectivity index (χ2n) is 10.9. The van der Waals surface area contributed by atoms with Crippen molar-refractivity contribution in [1.82, 2.24) is 3.80 Å². The fourth-order valence-electron chi connectivity index (χ4n) is 5.68. The first-order valence-corrected chi connectivity index (χ1v) is 20.6. The molecule has 2 aliphatic carbocycles. The van der Waals surface area contributed by atoms with Crippen LogP contribution in [0, 0.1) is 0 Å². The first kappa shape index (κ1) is 19.6. The Hall–Kier alpha value is -0.149. The number of aryl methyl sites for hydroxylation is 2. The predicted octanol–water partition coefficient (Wildman–Crippen LogP) is 6.10. The van der Waals surface area contributed by atoms with Gasteiger partial charge in [-0.3, -0.25) is 0 Å². The molecule has 1 N–H and O–H groups in total. The second-order valence-corrected chi connectivity index (χ2v) is 35.4. The van der Waals surface area contributed by atoms with Crippen molar-refractivity contribution < 1.29 is 14.8 Å². The van der Waals surface area contributed by atoms with Gasteiger partial charge in [-0.05, 0) is 0 Å². The van der Waals surface area contributed by atoms with E-state index in [1.165, 1.54) is 31.2 Å². The Morgan fingerprint density at radius 1 is 1.04 bits per heavy atom. The molecule has 1 aromatic rings.